The lowest BCUT2D eigenvalue weighted by Crippen LogP contribution is -2.34. The van der Waals surface area contributed by atoms with Crippen LogP contribution in [0.1, 0.15) is 58.8 Å². The SMILES string of the molecule is C=C(C)C(C)(F)CC1CC2CC1CC2OC1CCCCO1. The molecule has 0 amide bonds. The van der Waals surface area contributed by atoms with E-state index >= 15 is 0 Å². The molecular weight excluding hydrogens is 267 g/mol. The van der Waals surface area contributed by atoms with E-state index < -0.39 is 5.67 Å². The number of fused-ring (bicyclic) bond motifs is 2. The van der Waals surface area contributed by atoms with Crippen LogP contribution in [0.15, 0.2) is 12.2 Å². The first kappa shape index (κ1) is 15.5. The summed E-state index contributed by atoms with van der Waals surface area (Å²) in [5.74, 6) is 1.76. The van der Waals surface area contributed by atoms with Crippen LogP contribution >= 0.6 is 0 Å². The van der Waals surface area contributed by atoms with Crippen molar-refractivity contribution >= 4 is 0 Å². The molecule has 6 atom stereocenters. The average Bonchev–Trinajstić information content (AvgIpc) is 2.99. The standard InChI is InChI=1S/C18H29FO2/c1-12(2)18(3,19)11-15-9-14-8-13(15)10-16(14)21-17-6-4-5-7-20-17/h13-17H,1,4-11H2,2-3H3. The summed E-state index contributed by atoms with van der Waals surface area (Å²) in [6.45, 7) is 8.14. The lowest BCUT2D eigenvalue weighted by Gasteiger charge is -2.34. The Hall–Kier alpha value is -0.410. The van der Waals surface area contributed by atoms with Crippen LogP contribution in [-0.4, -0.2) is 24.7 Å². The van der Waals surface area contributed by atoms with Crippen molar-refractivity contribution in [3.63, 3.8) is 0 Å². The van der Waals surface area contributed by atoms with Crippen molar-refractivity contribution < 1.29 is 13.9 Å². The van der Waals surface area contributed by atoms with Gasteiger partial charge >= 0.3 is 0 Å². The van der Waals surface area contributed by atoms with Crippen LogP contribution in [0.4, 0.5) is 4.39 Å². The molecule has 3 fully saturated rings. The molecule has 0 aromatic heterocycles. The number of hydrogen-bond acceptors (Lipinski definition) is 2. The first-order chi connectivity index (χ1) is 9.95. The van der Waals surface area contributed by atoms with Crippen LogP contribution in [0.3, 0.4) is 0 Å². The van der Waals surface area contributed by atoms with Crippen molar-refractivity contribution in [3.8, 4) is 0 Å². The Labute approximate surface area is 128 Å². The number of ether oxygens (including phenoxy) is 2. The van der Waals surface area contributed by atoms with E-state index in [0.29, 0.717) is 35.9 Å². The number of alkyl halides is 1. The highest BCUT2D eigenvalue weighted by Crippen LogP contribution is 2.53. The molecule has 1 heterocycles. The summed E-state index contributed by atoms with van der Waals surface area (Å²) >= 11 is 0. The Morgan fingerprint density at radius 3 is 2.67 bits per heavy atom. The first-order valence-electron chi connectivity index (χ1n) is 8.57. The quantitative estimate of drug-likeness (QED) is 0.688. The normalized spacial score (nSPS) is 42.0. The van der Waals surface area contributed by atoms with Gasteiger partial charge in [-0.05, 0) is 82.1 Å². The molecule has 2 bridgehead atoms. The van der Waals surface area contributed by atoms with Crippen molar-refractivity contribution in [1.82, 2.24) is 0 Å². The number of rotatable bonds is 5. The third-order valence-corrected chi connectivity index (χ3v) is 5.94. The summed E-state index contributed by atoms with van der Waals surface area (Å²) in [6, 6.07) is 0. The van der Waals surface area contributed by atoms with E-state index in [1.807, 2.05) is 0 Å². The van der Waals surface area contributed by atoms with Crippen LogP contribution < -0.4 is 0 Å². The summed E-state index contributed by atoms with van der Waals surface area (Å²) in [5.41, 5.74) is -0.550. The average molecular weight is 296 g/mol. The maximum Gasteiger partial charge on any atom is 0.157 e. The molecule has 1 aliphatic heterocycles. The molecule has 0 radical (unpaired) electrons. The second kappa shape index (κ2) is 6.00. The Kier molecular flexibility index (Phi) is 4.42. The van der Waals surface area contributed by atoms with E-state index in [1.165, 1.54) is 12.8 Å². The smallest absolute Gasteiger partial charge is 0.157 e. The van der Waals surface area contributed by atoms with Gasteiger partial charge in [-0.3, -0.25) is 0 Å². The molecule has 3 rings (SSSR count). The molecule has 3 aliphatic rings. The maximum absolute atomic E-state index is 14.5. The highest BCUT2D eigenvalue weighted by atomic mass is 19.1. The second-order valence-corrected chi connectivity index (χ2v) is 7.64. The molecule has 2 saturated carbocycles. The van der Waals surface area contributed by atoms with Gasteiger partial charge in [0.15, 0.2) is 6.29 Å². The molecule has 1 saturated heterocycles. The van der Waals surface area contributed by atoms with Crippen LogP contribution in [0.2, 0.25) is 0 Å². The van der Waals surface area contributed by atoms with Crippen molar-refractivity contribution in [2.45, 2.75) is 76.9 Å². The maximum atomic E-state index is 14.5. The monoisotopic (exact) mass is 296 g/mol. The van der Waals surface area contributed by atoms with Crippen LogP contribution in [0, 0.1) is 17.8 Å². The molecule has 21 heavy (non-hydrogen) atoms. The van der Waals surface area contributed by atoms with E-state index in [1.54, 1.807) is 13.8 Å². The van der Waals surface area contributed by atoms with E-state index in [0.717, 1.165) is 32.3 Å². The number of halogens is 1. The van der Waals surface area contributed by atoms with Gasteiger partial charge in [0.2, 0.25) is 0 Å². The molecule has 0 aromatic carbocycles. The van der Waals surface area contributed by atoms with Gasteiger partial charge in [-0.1, -0.05) is 6.58 Å². The van der Waals surface area contributed by atoms with Crippen molar-refractivity contribution in [1.29, 1.82) is 0 Å². The predicted molar refractivity (Wildman–Crippen MR) is 81.7 cm³/mol. The molecule has 0 aromatic rings. The summed E-state index contributed by atoms with van der Waals surface area (Å²) in [7, 11) is 0. The van der Waals surface area contributed by atoms with Crippen LogP contribution in [0.5, 0.6) is 0 Å². The fourth-order valence-corrected chi connectivity index (χ4v) is 4.44. The lowest BCUT2D eigenvalue weighted by atomic mass is 9.79. The van der Waals surface area contributed by atoms with E-state index in [4.69, 9.17) is 9.47 Å². The second-order valence-electron chi connectivity index (χ2n) is 7.64. The zero-order valence-electron chi connectivity index (χ0n) is 13.4. The topological polar surface area (TPSA) is 18.5 Å². The highest BCUT2D eigenvalue weighted by Gasteiger charge is 2.49. The first-order valence-corrected chi connectivity index (χ1v) is 8.57. The predicted octanol–water partition coefficient (Wildman–Crippen LogP) is 4.64. The van der Waals surface area contributed by atoms with Gasteiger partial charge < -0.3 is 9.47 Å². The Morgan fingerprint density at radius 1 is 1.29 bits per heavy atom. The van der Waals surface area contributed by atoms with Crippen LogP contribution in [-0.2, 0) is 9.47 Å². The van der Waals surface area contributed by atoms with Gasteiger partial charge in [-0.25, -0.2) is 4.39 Å². The van der Waals surface area contributed by atoms with Gasteiger partial charge in [-0.2, -0.15) is 0 Å². The van der Waals surface area contributed by atoms with Crippen LogP contribution in [0.25, 0.3) is 0 Å². The fraction of sp³-hybridized carbons (Fsp3) is 0.889. The van der Waals surface area contributed by atoms with Gasteiger partial charge in [0.25, 0.3) is 0 Å². The van der Waals surface area contributed by atoms with Crippen molar-refractivity contribution in [3.05, 3.63) is 12.2 Å². The largest absolute Gasteiger partial charge is 0.353 e. The Bertz CT molecular complexity index is 387. The third kappa shape index (κ3) is 3.34. The van der Waals surface area contributed by atoms with Crippen molar-refractivity contribution in [2.24, 2.45) is 17.8 Å². The number of hydrogen-bond donors (Lipinski definition) is 0. The van der Waals surface area contributed by atoms with Crippen molar-refractivity contribution in [2.75, 3.05) is 6.61 Å². The molecule has 2 nitrogen and oxygen atoms in total. The zero-order chi connectivity index (χ0) is 15.0. The molecule has 0 N–H and O–H groups in total. The molecule has 6 unspecified atom stereocenters. The zero-order valence-corrected chi connectivity index (χ0v) is 13.4. The molecule has 0 spiro atoms. The molecule has 120 valence electrons. The molecule has 2 aliphatic carbocycles. The van der Waals surface area contributed by atoms with E-state index in [9.17, 15) is 4.39 Å². The fourth-order valence-electron chi connectivity index (χ4n) is 4.44. The number of allylic oxidation sites excluding steroid dienone is 1. The Balaban J connectivity index is 1.50. The summed E-state index contributed by atoms with van der Waals surface area (Å²) < 4.78 is 26.4. The van der Waals surface area contributed by atoms with Gasteiger partial charge in [-0.15, -0.1) is 0 Å². The van der Waals surface area contributed by atoms with E-state index in [2.05, 4.69) is 6.58 Å². The molecule has 3 heteroatoms. The minimum absolute atomic E-state index is 0.0170. The highest BCUT2D eigenvalue weighted by molar-refractivity contribution is 5.10. The third-order valence-electron chi connectivity index (χ3n) is 5.94. The summed E-state index contributed by atoms with van der Waals surface area (Å²) in [4.78, 5) is 0. The molecular formula is C18H29FO2. The van der Waals surface area contributed by atoms with Gasteiger partial charge in [0, 0.05) is 6.61 Å². The van der Waals surface area contributed by atoms with Gasteiger partial charge in [0.05, 0.1) is 6.10 Å². The van der Waals surface area contributed by atoms with Gasteiger partial charge in [0.1, 0.15) is 5.67 Å². The minimum atomic E-state index is -1.21. The summed E-state index contributed by atoms with van der Waals surface area (Å²) in [6.07, 6.45) is 7.85. The van der Waals surface area contributed by atoms with E-state index in [-0.39, 0.29) is 6.29 Å². The summed E-state index contributed by atoms with van der Waals surface area (Å²) in [5, 5.41) is 0. The minimum Gasteiger partial charge on any atom is -0.353 e. The lowest BCUT2D eigenvalue weighted by molar-refractivity contribution is -0.198. The Morgan fingerprint density at radius 2 is 2.10 bits per heavy atom.